The second kappa shape index (κ2) is 11.2. The molecule has 8 heteroatoms. The molecule has 3 amide bonds. The summed E-state index contributed by atoms with van der Waals surface area (Å²) in [6.45, 7) is 11.7. The molecule has 0 saturated heterocycles. The fourth-order valence-corrected chi connectivity index (χ4v) is 2.74. The first-order valence-electron chi connectivity index (χ1n) is 10.3. The topological polar surface area (TPSA) is 96.7 Å². The largest absolute Gasteiger partial charge is 0.492 e. The fourth-order valence-electron chi connectivity index (χ4n) is 2.74. The van der Waals surface area contributed by atoms with Crippen LogP contribution in [0.5, 0.6) is 5.75 Å². The van der Waals surface area contributed by atoms with Gasteiger partial charge in [-0.05, 0) is 30.9 Å². The maximum absolute atomic E-state index is 12.9. The SMILES string of the molecule is CCOc1ccccc1NC(=O)N(Cc1nc(C(=O)NCC(C)C)co1)CC(C)C. The number of hydrogen-bond donors (Lipinski definition) is 2. The highest BCUT2D eigenvalue weighted by molar-refractivity contribution is 5.92. The zero-order valence-electron chi connectivity index (χ0n) is 18.4. The van der Waals surface area contributed by atoms with Crippen LogP contribution in [-0.4, -0.2) is 41.5 Å². The van der Waals surface area contributed by atoms with Crippen molar-refractivity contribution in [1.82, 2.24) is 15.2 Å². The number of aromatic nitrogens is 1. The zero-order valence-corrected chi connectivity index (χ0v) is 18.4. The van der Waals surface area contributed by atoms with Gasteiger partial charge < -0.3 is 24.7 Å². The molecule has 0 saturated carbocycles. The molecule has 0 aliphatic heterocycles. The Bertz CT molecular complexity index is 832. The quantitative estimate of drug-likeness (QED) is 0.606. The lowest BCUT2D eigenvalue weighted by atomic mass is 10.2. The number of para-hydroxylation sites is 2. The minimum absolute atomic E-state index is 0.151. The van der Waals surface area contributed by atoms with Crippen LogP contribution in [0.4, 0.5) is 10.5 Å². The van der Waals surface area contributed by atoms with Gasteiger partial charge in [-0.2, -0.15) is 0 Å². The third-order valence-corrected chi connectivity index (χ3v) is 4.08. The monoisotopic (exact) mass is 416 g/mol. The Morgan fingerprint density at radius 2 is 1.90 bits per heavy atom. The molecule has 1 aromatic carbocycles. The molecule has 1 aromatic heterocycles. The number of carbonyl (C=O) groups excluding carboxylic acids is 2. The van der Waals surface area contributed by atoms with Gasteiger partial charge in [-0.1, -0.05) is 39.8 Å². The van der Waals surface area contributed by atoms with Crippen LogP contribution in [0, 0.1) is 11.8 Å². The summed E-state index contributed by atoms with van der Waals surface area (Å²) in [7, 11) is 0. The van der Waals surface area contributed by atoms with Gasteiger partial charge in [-0.15, -0.1) is 0 Å². The van der Waals surface area contributed by atoms with Gasteiger partial charge in [0, 0.05) is 13.1 Å². The van der Waals surface area contributed by atoms with Crippen LogP contribution in [-0.2, 0) is 6.54 Å². The van der Waals surface area contributed by atoms with E-state index in [-0.39, 0.29) is 30.1 Å². The van der Waals surface area contributed by atoms with Crippen molar-refractivity contribution in [2.45, 2.75) is 41.2 Å². The van der Waals surface area contributed by atoms with Crippen molar-refractivity contribution in [3.63, 3.8) is 0 Å². The minimum atomic E-state index is -0.292. The number of anilines is 1. The standard InChI is InChI=1S/C22H32N4O4/c1-6-29-19-10-8-7-9-17(19)25-22(28)26(12-16(4)5)13-20-24-18(14-30-20)21(27)23-11-15(2)3/h7-10,14-16H,6,11-13H2,1-5H3,(H,23,27)(H,25,28). The summed E-state index contributed by atoms with van der Waals surface area (Å²) in [6.07, 6.45) is 1.32. The molecule has 0 aliphatic rings. The van der Waals surface area contributed by atoms with Crippen LogP contribution in [0.3, 0.4) is 0 Å². The number of oxazole rings is 1. The van der Waals surface area contributed by atoms with Crippen LogP contribution in [0.15, 0.2) is 34.9 Å². The number of nitrogens with zero attached hydrogens (tertiary/aromatic N) is 2. The Labute approximate surface area is 178 Å². The highest BCUT2D eigenvalue weighted by Gasteiger charge is 2.21. The molecule has 2 N–H and O–H groups in total. The highest BCUT2D eigenvalue weighted by Crippen LogP contribution is 2.24. The number of urea groups is 1. The second-order valence-electron chi connectivity index (χ2n) is 7.86. The van der Waals surface area contributed by atoms with E-state index in [1.165, 1.54) is 6.26 Å². The average Bonchev–Trinajstić information content (AvgIpc) is 3.15. The Balaban J connectivity index is 2.09. The Morgan fingerprint density at radius 3 is 2.57 bits per heavy atom. The number of carbonyl (C=O) groups is 2. The van der Waals surface area contributed by atoms with Gasteiger partial charge >= 0.3 is 6.03 Å². The van der Waals surface area contributed by atoms with E-state index < -0.39 is 0 Å². The summed E-state index contributed by atoms with van der Waals surface area (Å²) in [6, 6.07) is 6.99. The number of benzene rings is 1. The fraction of sp³-hybridized carbons (Fsp3) is 0.500. The first-order valence-corrected chi connectivity index (χ1v) is 10.3. The molecule has 0 unspecified atom stereocenters. The van der Waals surface area contributed by atoms with Gasteiger partial charge in [0.15, 0.2) is 5.69 Å². The van der Waals surface area contributed by atoms with Gasteiger partial charge in [0.05, 0.1) is 18.8 Å². The van der Waals surface area contributed by atoms with Crippen molar-refractivity contribution >= 4 is 17.6 Å². The third kappa shape index (κ3) is 7.09. The van der Waals surface area contributed by atoms with Crippen LogP contribution in [0.25, 0.3) is 0 Å². The van der Waals surface area contributed by atoms with Gasteiger partial charge in [0.2, 0.25) is 5.89 Å². The molecule has 0 atom stereocenters. The Kier molecular flexibility index (Phi) is 8.70. The molecule has 0 spiro atoms. The van der Waals surface area contributed by atoms with E-state index in [4.69, 9.17) is 9.15 Å². The molecule has 8 nitrogen and oxygen atoms in total. The molecule has 30 heavy (non-hydrogen) atoms. The summed E-state index contributed by atoms with van der Waals surface area (Å²) in [5, 5.41) is 5.70. The number of hydrogen-bond acceptors (Lipinski definition) is 5. The maximum Gasteiger partial charge on any atom is 0.322 e. The Hall–Kier alpha value is -3.03. The molecule has 0 bridgehead atoms. The summed E-state index contributed by atoms with van der Waals surface area (Å²) in [4.78, 5) is 31.0. The lowest BCUT2D eigenvalue weighted by Gasteiger charge is -2.24. The van der Waals surface area contributed by atoms with Crippen LogP contribution in [0.2, 0.25) is 0 Å². The maximum atomic E-state index is 12.9. The second-order valence-corrected chi connectivity index (χ2v) is 7.86. The van der Waals surface area contributed by atoms with E-state index in [9.17, 15) is 9.59 Å². The lowest BCUT2D eigenvalue weighted by Crippen LogP contribution is -2.37. The van der Waals surface area contributed by atoms with Crippen LogP contribution < -0.4 is 15.4 Å². The zero-order chi connectivity index (χ0) is 22.1. The average molecular weight is 417 g/mol. The molecular weight excluding hydrogens is 384 g/mol. The van der Waals surface area contributed by atoms with Crippen molar-refractivity contribution in [3.05, 3.63) is 42.1 Å². The van der Waals surface area contributed by atoms with E-state index in [1.54, 1.807) is 11.0 Å². The van der Waals surface area contributed by atoms with Gasteiger partial charge in [0.1, 0.15) is 12.0 Å². The van der Waals surface area contributed by atoms with E-state index in [2.05, 4.69) is 15.6 Å². The van der Waals surface area contributed by atoms with Crippen molar-refractivity contribution in [1.29, 1.82) is 0 Å². The predicted molar refractivity (Wildman–Crippen MR) is 116 cm³/mol. The summed E-state index contributed by atoms with van der Waals surface area (Å²) in [5.41, 5.74) is 0.802. The van der Waals surface area contributed by atoms with Gasteiger partial charge in [-0.3, -0.25) is 4.79 Å². The lowest BCUT2D eigenvalue weighted by molar-refractivity contribution is 0.0944. The van der Waals surface area contributed by atoms with Crippen molar-refractivity contribution in [2.24, 2.45) is 11.8 Å². The normalized spacial score (nSPS) is 10.9. The molecule has 2 rings (SSSR count). The third-order valence-electron chi connectivity index (χ3n) is 4.08. The molecule has 0 aliphatic carbocycles. The number of amides is 3. The van der Waals surface area contributed by atoms with E-state index >= 15 is 0 Å². The molecule has 1 heterocycles. The number of rotatable bonds is 10. The molecule has 0 fully saturated rings. The minimum Gasteiger partial charge on any atom is -0.492 e. The summed E-state index contributed by atoms with van der Waals surface area (Å²) >= 11 is 0. The molecule has 2 aromatic rings. The molecule has 164 valence electrons. The van der Waals surface area contributed by atoms with Crippen molar-refractivity contribution in [2.75, 3.05) is 25.0 Å². The first kappa shape index (κ1) is 23.3. The van der Waals surface area contributed by atoms with Crippen molar-refractivity contribution in [3.8, 4) is 5.75 Å². The molecule has 0 radical (unpaired) electrons. The number of ether oxygens (including phenoxy) is 1. The first-order chi connectivity index (χ1) is 14.3. The van der Waals surface area contributed by atoms with E-state index in [0.717, 1.165) is 0 Å². The van der Waals surface area contributed by atoms with Crippen molar-refractivity contribution < 1.29 is 18.7 Å². The number of nitrogens with one attached hydrogen (secondary N) is 2. The van der Waals surface area contributed by atoms with Gasteiger partial charge in [-0.25, -0.2) is 9.78 Å². The van der Waals surface area contributed by atoms with Gasteiger partial charge in [0.25, 0.3) is 5.91 Å². The Morgan fingerprint density at radius 1 is 1.17 bits per heavy atom. The van der Waals surface area contributed by atoms with Crippen LogP contribution >= 0.6 is 0 Å². The van der Waals surface area contributed by atoms with E-state index in [0.29, 0.717) is 42.9 Å². The van der Waals surface area contributed by atoms with Crippen LogP contribution in [0.1, 0.15) is 51.0 Å². The predicted octanol–water partition coefficient (Wildman–Crippen LogP) is 4.15. The molecular formula is C22H32N4O4. The highest BCUT2D eigenvalue weighted by atomic mass is 16.5. The smallest absolute Gasteiger partial charge is 0.322 e. The summed E-state index contributed by atoms with van der Waals surface area (Å²) < 4.78 is 11.0. The van der Waals surface area contributed by atoms with E-state index in [1.807, 2.05) is 52.8 Å². The summed E-state index contributed by atoms with van der Waals surface area (Å²) in [5.74, 6) is 1.20.